The predicted octanol–water partition coefficient (Wildman–Crippen LogP) is 2.15. The topological polar surface area (TPSA) is 84.5 Å². The lowest BCUT2D eigenvalue weighted by molar-refractivity contribution is -0.131. The first-order valence-corrected chi connectivity index (χ1v) is 8.98. The van der Waals surface area contributed by atoms with E-state index in [-0.39, 0.29) is 24.4 Å². The van der Waals surface area contributed by atoms with Crippen molar-refractivity contribution in [3.8, 4) is 5.75 Å². The molecule has 3 rings (SSSR count). The molecule has 2 aromatic carbocycles. The van der Waals surface area contributed by atoms with Crippen molar-refractivity contribution in [3.05, 3.63) is 70.3 Å². The predicted molar refractivity (Wildman–Crippen MR) is 106 cm³/mol. The number of benzene rings is 2. The number of aromatic nitrogens is 2. The molecule has 1 amide bonds. The van der Waals surface area contributed by atoms with Crippen molar-refractivity contribution >= 4 is 16.8 Å². The zero-order valence-corrected chi connectivity index (χ0v) is 16.0. The van der Waals surface area contributed by atoms with Gasteiger partial charge in [0.15, 0.2) is 0 Å². The molecule has 0 radical (unpaired) electrons. The van der Waals surface area contributed by atoms with Crippen molar-refractivity contribution < 1.29 is 14.3 Å². The molecular formula is C21H23N3O4. The number of methoxy groups -OCH3 is 2. The first-order valence-electron chi connectivity index (χ1n) is 8.98. The highest BCUT2D eigenvalue weighted by molar-refractivity contribution is 5.79. The maximum atomic E-state index is 12.8. The molecule has 0 fully saturated rings. The second kappa shape index (κ2) is 9.14. The van der Waals surface area contributed by atoms with E-state index < -0.39 is 0 Å². The molecule has 7 heteroatoms. The van der Waals surface area contributed by atoms with Crippen LogP contribution in [0.3, 0.4) is 0 Å². The Morgan fingerprint density at radius 3 is 2.57 bits per heavy atom. The van der Waals surface area contributed by atoms with Crippen LogP contribution in [0, 0.1) is 0 Å². The lowest BCUT2D eigenvalue weighted by Gasteiger charge is -2.22. The number of para-hydroxylation sites is 1. The molecule has 3 aromatic rings. The number of nitrogens with one attached hydrogen (secondary N) is 1. The fourth-order valence-electron chi connectivity index (χ4n) is 2.91. The maximum Gasteiger partial charge on any atom is 0.258 e. The summed E-state index contributed by atoms with van der Waals surface area (Å²) < 4.78 is 10.3. The lowest BCUT2D eigenvalue weighted by Crippen LogP contribution is -2.35. The zero-order chi connectivity index (χ0) is 19.9. The fourth-order valence-corrected chi connectivity index (χ4v) is 2.91. The number of aromatic amines is 1. The van der Waals surface area contributed by atoms with Gasteiger partial charge in [0, 0.05) is 13.7 Å². The molecule has 28 heavy (non-hydrogen) atoms. The largest absolute Gasteiger partial charge is 0.497 e. The molecule has 0 atom stereocenters. The van der Waals surface area contributed by atoms with Crippen LogP contribution in [0.5, 0.6) is 5.75 Å². The van der Waals surface area contributed by atoms with E-state index in [1.165, 1.54) is 0 Å². The van der Waals surface area contributed by atoms with Crippen LogP contribution in [0.1, 0.15) is 11.4 Å². The smallest absolute Gasteiger partial charge is 0.258 e. The third kappa shape index (κ3) is 4.75. The Morgan fingerprint density at radius 1 is 1.11 bits per heavy atom. The van der Waals surface area contributed by atoms with Gasteiger partial charge in [0.1, 0.15) is 11.6 Å². The Labute approximate surface area is 162 Å². The van der Waals surface area contributed by atoms with Crippen LogP contribution in [-0.4, -0.2) is 48.1 Å². The average molecular weight is 381 g/mol. The molecule has 1 aromatic heterocycles. The summed E-state index contributed by atoms with van der Waals surface area (Å²) in [7, 11) is 3.19. The highest BCUT2D eigenvalue weighted by Gasteiger charge is 2.16. The van der Waals surface area contributed by atoms with Crippen molar-refractivity contribution in [2.24, 2.45) is 0 Å². The van der Waals surface area contributed by atoms with E-state index in [0.717, 1.165) is 11.3 Å². The number of hydrogen-bond donors (Lipinski definition) is 1. The molecular weight excluding hydrogens is 358 g/mol. The minimum Gasteiger partial charge on any atom is -0.497 e. The van der Waals surface area contributed by atoms with Crippen LogP contribution in [-0.2, 0) is 22.5 Å². The first kappa shape index (κ1) is 19.6. The molecule has 7 nitrogen and oxygen atoms in total. The Hall–Kier alpha value is -3.19. The summed E-state index contributed by atoms with van der Waals surface area (Å²) in [6.45, 7) is 1.01. The molecule has 0 bridgehead atoms. The van der Waals surface area contributed by atoms with E-state index in [0.29, 0.717) is 29.9 Å². The Morgan fingerprint density at radius 2 is 1.86 bits per heavy atom. The van der Waals surface area contributed by atoms with Crippen molar-refractivity contribution in [2.45, 2.75) is 13.0 Å². The van der Waals surface area contributed by atoms with Gasteiger partial charge in [-0.25, -0.2) is 4.98 Å². The van der Waals surface area contributed by atoms with Crippen LogP contribution >= 0.6 is 0 Å². The third-order valence-corrected chi connectivity index (χ3v) is 4.43. The molecule has 0 saturated carbocycles. The highest BCUT2D eigenvalue weighted by atomic mass is 16.5. The van der Waals surface area contributed by atoms with Crippen molar-refractivity contribution in [3.63, 3.8) is 0 Å². The van der Waals surface area contributed by atoms with Gasteiger partial charge in [-0.3, -0.25) is 9.59 Å². The summed E-state index contributed by atoms with van der Waals surface area (Å²) >= 11 is 0. The fraction of sp³-hybridized carbons (Fsp3) is 0.286. The van der Waals surface area contributed by atoms with E-state index in [1.807, 2.05) is 30.3 Å². The molecule has 0 spiro atoms. The van der Waals surface area contributed by atoms with E-state index >= 15 is 0 Å². The van der Waals surface area contributed by atoms with E-state index in [4.69, 9.17) is 9.47 Å². The van der Waals surface area contributed by atoms with Crippen LogP contribution in [0.2, 0.25) is 0 Å². The van der Waals surface area contributed by atoms with Crippen LogP contribution in [0.4, 0.5) is 0 Å². The Kier molecular flexibility index (Phi) is 6.39. The van der Waals surface area contributed by atoms with Gasteiger partial charge in [0.25, 0.3) is 5.56 Å². The number of hydrogen-bond acceptors (Lipinski definition) is 5. The van der Waals surface area contributed by atoms with Gasteiger partial charge in [0.2, 0.25) is 5.91 Å². The Bertz CT molecular complexity index is 998. The number of ether oxygens (including phenoxy) is 2. The van der Waals surface area contributed by atoms with E-state index in [1.54, 1.807) is 37.3 Å². The van der Waals surface area contributed by atoms with Gasteiger partial charge in [0.05, 0.1) is 37.6 Å². The second-order valence-electron chi connectivity index (χ2n) is 6.36. The van der Waals surface area contributed by atoms with E-state index in [9.17, 15) is 9.59 Å². The summed E-state index contributed by atoms with van der Waals surface area (Å²) in [6, 6.07) is 14.5. The minimum atomic E-state index is -0.213. The monoisotopic (exact) mass is 381 g/mol. The summed E-state index contributed by atoms with van der Waals surface area (Å²) in [4.78, 5) is 34.0. The van der Waals surface area contributed by atoms with Gasteiger partial charge in [-0.1, -0.05) is 24.3 Å². The van der Waals surface area contributed by atoms with E-state index in [2.05, 4.69) is 9.97 Å². The number of carbonyl (C=O) groups is 1. The molecule has 0 saturated heterocycles. The molecule has 146 valence electrons. The van der Waals surface area contributed by atoms with Gasteiger partial charge in [-0.05, 0) is 29.8 Å². The van der Waals surface area contributed by atoms with Gasteiger partial charge >= 0.3 is 0 Å². The summed E-state index contributed by atoms with van der Waals surface area (Å²) in [5, 5.41) is 0.527. The number of fused-ring (bicyclic) bond motifs is 1. The molecule has 0 unspecified atom stereocenters. The van der Waals surface area contributed by atoms with Crippen molar-refractivity contribution in [1.29, 1.82) is 0 Å². The quantitative estimate of drug-likeness (QED) is 0.646. The molecule has 0 aliphatic rings. The minimum absolute atomic E-state index is 0.0713. The summed E-state index contributed by atoms with van der Waals surface area (Å²) in [5.41, 5.74) is 1.28. The van der Waals surface area contributed by atoms with Crippen molar-refractivity contribution in [2.75, 3.05) is 27.4 Å². The number of rotatable bonds is 8. The molecule has 1 heterocycles. The SMILES string of the molecule is COCCN(Cc1nc2ccccc2c(=O)[nH]1)C(=O)Cc1ccc(OC)cc1. The molecule has 0 aliphatic carbocycles. The summed E-state index contributed by atoms with van der Waals surface area (Å²) in [5.74, 6) is 1.12. The van der Waals surface area contributed by atoms with Gasteiger partial charge < -0.3 is 19.4 Å². The standard InChI is InChI=1S/C21H23N3O4/c1-27-12-11-24(20(25)13-15-7-9-16(28-2)10-8-15)14-19-22-18-6-4-3-5-17(18)21(26)23-19/h3-10H,11-14H2,1-2H3,(H,22,23,26). The zero-order valence-electron chi connectivity index (χ0n) is 16.0. The van der Waals surface area contributed by atoms with Crippen LogP contribution < -0.4 is 10.3 Å². The second-order valence-corrected chi connectivity index (χ2v) is 6.36. The highest BCUT2D eigenvalue weighted by Crippen LogP contribution is 2.13. The normalized spacial score (nSPS) is 10.8. The molecule has 0 aliphatic heterocycles. The number of carbonyl (C=O) groups excluding carboxylic acids is 1. The number of H-pyrrole nitrogens is 1. The Balaban J connectivity index is 1.79. The third-order valence-electron chi connectivity index (χ3n) is 4.43. The average Bonchev–Trinajstić information content (AvgIpc) is 2.71. The molecule has 1 N–H and O–H groups in total. The first-order chi connectivity index (χ1) is 13.6. The number of nitrogens with zero attached hydrogens (tertiary/aromatic N) is 2. The summed E-state index contributed by atoms with van der Waals surface area (Å²) in [6.07, 6.45) is 0.242. The van der Waals surface area contributed by atoms with Crippen molar-refractivity contribution in [1.82, 2.24) is 14.9 Å². The van der Waals surface area contributed by atoms with Crippen LogP contribution in [0.25, 0.3) is 10.9 Å². The van der Waals surface area contributed by atoms with Crippen LogP contribution in [0.15, 0.2) is 53.3 Å². The lowest BCUT2D eigenvalue weighted by atomic mass is 10.1. The maximum absolute atomic E-state index is 12.8. The number of amides is 1. The van der Waals surface area contributed by atoms with Gasteiger partial charge in [-0.15, -0.1) is 0 Å². The van der Waals surface area contributed by atoms with Gasteiger partial charge in [-0.2, -0.15) is 0 Å².